The number of carbonyl (C=O) groups excluding carboxylic acids is 1. The van der Waals surface area contributed by atoms with Gasteiger partial charge in [0.1, 0.15) is 5.70 Å². The standard InChI is InChI=1S/C10H11NO3S/c1-2-3-6-4-7(10(13)14)11-8(12)5-9(11)15-6/h2,4,6,9H,1,3,5H2,(H,13,14)/t6?,9-/m1/s1. The van der Waals surface area contributed by atoms with Crippen molar-refractivity contribution >= 4 is 23.6 Å². The van der Waals surface area contributed by atoms with Crippen LogP contribution in [0.5, 0.6) is 0 Å². The predicted octanol–water partition coefficient (Wildman–Crippen LogP) is 1.20. The Hall–Kier alpha value is -1.23. The van der Waals surface area contributed by atoms with Crippen molar-refractivity contribution in [2.24, 2.45) is 0 Å². The Balaban J connectivity index is 2.24. The minimum absolute atomic E-state index is 0.0125. The lowest BCUT2D eigenvalue weighted by Gasteiger charge is -2.44. The van der Waals surface area contributed by atoms with Crippen LogP contribution in [0.1, 0.15) is 12.8 Å². The summed E-state index contributed by atoms with van der Waals surface area (Å²) < 4.78 is 0. The molecule has 1 unspecified atom stereocenters. The SMILES string of the molecule is C=CCC1C=C(C(=O)O)N2C(=O)C[C@H]2S1. The highest BCUT2D eigenvalue weighted by molar-refractivity contribution is 8.00. The third kappa shape index (κ3) is 1.67. The largest absolute Gasteiger partial charge is 0.477 e. The van der Waals surface area contributed by atoms with Gasteiger partial charge in [-0.25, -0.2) is 4.79 Å². The second-order valence-corrected chi connectivity index (χ2v) is 4.90. The van der Waals surface area contributed by atoms with Crippen molar-refractivity contribution in [2.75, 3.05) is 0 Å². The Morgan fingerprint density at radius 1 is 1.80 bits per heavy atom. The molecule has 0 spiro atoms. The van der Waals surface area contributed by atoms with Gasteiger partial charge in [-0.15, -0.1) is 18.3 Å². The molecule has 80 valence electrons. The number of hydrogen-bond donors (Lipinski definition) is 1. The van der Waals surface area contributed by atoms with E-state index < -0.39 is 5.97 Å². The molecule has 2 aliphatic heterocycles. The Labute approximate surface area is 91.6 Å². The molecule has 1 N–H and O–H groups in total. The van der Waals surface area contributed by atoms with Gasteiger partial charge in [0.15, 0.2) is 0 Å². The molecule has 15 heavy (non-hydrogen) atoms. The third-order valence-electron chi connectivity index (χ3n) is 2.46. The molecular formula is C10H11NO3S. The lowest BCUT2D eigenvalue weighted by Crippen LogP contribution is -2.54. The average molecular weight is 225 g/mol. The van der Waals surface area contributed by atoms with Gasteiger partial charge in [-0.05, 0) is 12.5 Å². The van der Waals surface area contributed by atoms with E-state index in [0.717, 1.165) is 6.42 Å². The van der Waals surface area contributed by atoms with E-state index in [1.165, 1.54) is 4.90 Å². The van der Waals surface area contributed by atoms with Crippen molar-refractivity contribution in [2.45, 2.75) is 23.5 Å². The summed E-state index contributed by atoms with van der Waals surface area (Å²) in [6.07, 6.45) is 4.59. The van der Waals surface area contributed by atoms with E-state index in [0.29, 0.717) is 6.42 Å². The maximum absolute atomic E-state index is 11.2. The van der Waals surface area contributed by atoms with Crippen molar-refractivity contribution in [1.82, 2.24) is 4.90 Å². The summed E-state index contributed by atoms with van der Waals surface area (Å²) in [5.74, 6) is -1.12. The zero-order valence-electron chi connectivity index (χ0n) is 8.05. The quantitative estimate of drug-likeness (QED) is 0.579. The van der Waals surface area contributed by atoms with Crippen molar-refractivity contribution < 1.29 is 14.7 Å². The van der Waals surface area contributed by atoms with Gasteiger partial charge < -0.3 is 5.11 Å². The van der Waals surface area contributed by atoms with Crippen LogP contribution >= 0.6 is 11.8 Å². The predicted molar refractivity (Wildman–Crippen MR) is 57.2 cm³/mol. The number of hydrogen-bond acceptors (Lipinski definition) is 3. The summed E-state index contributed by atoms with van der Waals surface area (Å²) >= 11 is 1.62. The molecule has 1 amide bonds. The smallest absolute Gasteiger partial charge is 0.352 e. The van der Waals surface area contributed by atoms with Crippen LogP contribution in [0.25, 0.3) is 0 Å². The number of thioether (sulfide) groups is 1. The molecule has 2 aliphatic rings. The number of allylic oxidation sites excluding steroid dienone is 1. The number of amides is 1. The summed E-state index contributed by atoms with van der Waals surface area (Å²) in [7, 11) is 0. The molecule has 0 radical (unpaired) electrons. The first kappa shape index (κ1) is 10.3. The molecule has 1 fully saturated rings. The summed E-state index contributed by atoms with van der Waals surface area (Å²) in [5.41, 5.74) is 0.127. The van der Waals surface area contributed by atoms with Gasteiger partial charge in [-0.2, -0.15) is 0 Å². The van der Waals surface area contributed by atoms with E-state index in [1.54, 1.807) is 23.9 Å². The maximum atomic E-state index is 11.2. The van der Waals surface area contributed by atoms with Gasteiger partial charge in [0.05, 0.1) is 11.8 Å². The third-order valence-corrected chi connectivity index (χ3v) is 3.83. The molecule has 0 saturated carbocycles. The Morgan fingerprint density at radius 2 is 2.53 bits per heavy atom. The van der Waals surface area contributed by atoms with Crippen molar-refractivity contribution in [3.63, 3.8) is 0 Å². The summed E-state index contributed by atoms with van der Waals surface area (Å²) in [5, 5.41) is 9.11. The van der Waals surface area contributed by atoms with E-state index in [4.69, 9.17) is 5.11 Å². The fourth-order valence-electron chi connectivity index (χ4n) is 1.75. The van der Waals surface area contributed by atoms with Gasteiger partial charge >= 0.3 is 5.97 Å². The molecule has 0 aromatic carbocycles. The number of rotatable bonds is 3. The summed E-state index contributed by atoms with van der Waals surface area (Å²) in [6, 6.07) is 0. The number of carboxylic acid groups (broad SMARTS) is 1. The molecule has 0 aromatic rings. The van der Waals surface area contributed by atoms with Crippen LogP contribution in [0.15, 0.2) is 24.4 Å². The minimum Gasteiger partial charge on any atom is -0.477 e. The lowest BCUT2D eigenvalue weighted by atomic mass is 10.1. The number of β-lactam (4-membered cyclic amide) rings is 1. The van der Waals surface area contributed by atoms with Gasteiger partial charge in [-0.3, -0.25) is 9.69 Å². The number of aliphatic carboxylic acids is 1. The molecule has 0 bridgehead atoms. The molecular weight excluding hydrogens is 214 g/mol. The first-order valence-corrected chi connectivity index (χ1v) is 5.61. The second-order valence-electron chi connectivity index (χ2n) is 3.48. The van der Waals surface area contributed by atoms with Gasteiger partial charge in [-0.1, -0.05) is 6.08 Å². The number of carbonyl (C=O) groups is 2. The molecule has 2 atom stereocenters. The van der Waals surface area contributed by atoms with Crippen LogP contribution in [-0.2, 0) is 9.59 Å². The number of carboxylic acids is 1. The van der Waals surface area contributed by atoms with Crippen LogP contribution in [0.3, 0.4) is 0 Å². The molecule has 5 heteroatoms. The Kier molecular flexibility index (Phi) is 2.56. The minimum atomic E-state index is -1.03. The van der Waals surface area contributed by atoms with Gasteiger partial charge in [0, 0.05) is 5.25 Å². The molecule has 4 nitrogen and oxygen atoms in total. The Bertz CT molecular complexity index is 364. The highest BCUT2D eigenvalue weighted by atomic mass is 32.2. The first-order valence-electron chi connectivity index (χ1n) is 4.67. The van der Waals surface area contributed by atoms with E-state index in [1.807, 2.05) is 0 Å². The first-order chi connectivity index (χ1) is 7.13. The summed E-state index contributed by atoms with van der Waals surface area (Å²) in [4.78, 5) is 23.5. The lowest BCUT2D eigenvalue weighted by molar-refractivity contribution is -0.146. The van der Waals surface area contributed by atoms with E-state index in [9.17, 15) is 9.59 Å². The van der Waals surface area contributed by atoms with Crippen LogP contribution < -0.4 is 0 Å². The summed E-state index contributed by atoms with van der Waals surface area (Å²) in [6.45, 7) is 3.63. The van der Waals surface area contributed by atoms with Gasteiger partial charge in [0.25, 0.3) is 0 Å². The highest BCUT2D eigenvalue weighted by Crippen LogP contribution is 2.41. The monoisotopic (exact) mass is 225 g/mol. The normalized spacial score (nSPS) is 28.9. The molecule has 2 rings (SSSR count). The fourth-order valence-corrected chi connectivity index (χ4v) is 3.20. The second kappa shape index (κ2) is 3.73. The average Bonchev–Trinajstić information content (AvgIpc) is 2.15. The van der Waals surface area contributed by atoms with Crippen LogP contribution in [-0.4, -0.2) is 32.5 Å². The van der Waals surface area contributed by atoms with E-state index in [2.05, 4.69) is 6.58 Å². The molecule has 0 aliphatic carbocycles. The highest BCUT2D eigenvalue weighted by Gasteiger charge is 2.44. The van der Waals surface area contributed by atoms with Crippen LogP contribution in [0.2, 0.25) is 0 Å². The number of nitrogens with zero attached hydrogens (tertiary/aromatic N) is 1. The fraction of sp³-hybridized carbons (Fsp3) is 0.400. The molecule has 1 saturated heterocycles. The van der Waals surface area contributed by atoms with E-state index >= 15 is 0 Å². The van der Waals surface area contributed by atoms with Crippen molar-refractivity contribution in [1.29, 1.82) is 0 Å². The zero-order valence-corrected chi connectivity index (χ0v) is 8.87. The van der Waals surface area contributed by atoms with Crippen LogP contribution in [0, 0.1) is 0 Å². The number of fused-ring (bicyclic) bond motifs is 1. The Morgan fingerprint density at radius 3 is 3.07 bits per heavy atom. The van der Waals surface area contributed by atoms with Crippen molar-refractivity contribution in [3.8, 4) is 0 Å². The molecule has 0 aromatic heterocycles. The van der Waals surface area contributed by atoms with Gasteiger partial charge in [0.2, 0.25) is 5.91 Å². The zero-order chi connectivity index (χ0) is 11.0. The maximum Gasteiger partial charge on any atom is 0.352 e. The van der Waals surface area contributed by atoms with Crippen molar-refractivity contribution in [3.05, 3.63) is 24.4 Å². The topological polar surface area (TPSA) is 57.6 Å². The molecule has 2 heterocycles. The van der Waals surface area contributed by atoms with Crippen LogP contribution in [0.4, 0.5) is 0 Å². The van der Waals surface area contributed by atoms with E-state index in [-0.39, 0.29) is 22.2 Å².